The highest BCUT2D eigenvalue weighted by Crippen LogP contribution is 2.38. The van der Waals surface area contributed by atoms with E-state index >= 15 is 0 Å². The third-order valence-corrected chi connectivity index (χ3v) is 5.68. The number of aliphatic carboxylic acids is 2. The van der Waals surface area contributed by atoms with Crippen molar-refractivity contribution in [3.63, 3.8) is 0 Å². The number of H-pyrrole nitrogens is 1. The normalized spacial score (nSPS) is 15.1. The number of carbonyl (C=O) groups is 3. The van der Waals surface area contributed by atoms with Crippen molar-refractivity contribution < 1.29 is 24.6 Å². The number of hydrogen-bond donors (Lipinski definition) is 4. The summed E-state index contributed by atoms with van der Waals surface area (Å²) in [5.74, 6) is -2.46. The fourth-order valence-corrected chi connectivity index (χ4v) is 4.25. The van der Waals surface area contributed by atoms with E-state index in [1.54, 1.807) is 30.5 Å². The molecule has 0 radical (unpaired) electrons. The van der Waals surface area contributed by atoms with Crippen LogP contribution < -0.4 is 5.32 Å². The molecule has 2 aromatic carbocycles. The third-order valence-electron chi connectivity index (χ3n) is 4.67. The van der Waals surface area contributed by atoms with Crippen molar-refractivity contribution >= 4 is 56.9 Å². The molecule has 1 aliphatic heterocycles. The van der Waals surface area contributed by atoms with Gasteiger partial charge in [-0.1, -0.05) is 30.3 Å². The number of amidine groups is 1. The molecule has 0 aliphatic carbocycles. The number of aromatic nitrogens is 1. The zero-order valence-electron chi connectivity index (χ0n) is 16.1. The largest absolute Gasteiger partial charge is 0.481 e. The number of nitrogens with zero attached hydrogens (tertiary/aromatic N) is 1. The quantitative estimate of drug-likeness (QED) is 0.434. The Kier molecular flexibility index (Phi) is 5.59. The lowest BCUT2D eigenvalue weighted by molar-refractivity contribution is -0.137. The summed E-state index contributed by atoms with van der Waals surface area (Å²) >= 11 is 1.08. The van der Waals surface area contributed by atoms with Gasteiger partial charge in [-0.3, -0.25) is 14.4 Å². The van der Waals surface area contributed by atoms with E-state index in [2.05, 4.69) is 15.3 Å². The molecule has 0 saturated heterocycles. The van der Waals surface area contributed by atoms with Gasteiger partial charge in [0.15, 0.2) is 5.17 Å². The summed E-state index contributed by atoms with van der Waals surface area (Å²) in [5.41, 5.74) is 3.19. The first kappa shape index (κ1) is 20.4. The zero-order valence-corrected chi connectivity index (χ0v) is 16.9. The number of fused-ring (bicyclic) bond motifs is 1. The number of hydrogen-bond acceptors (Lipinski definition) is 5. The molecule has 0 fully saturated rings. The predicted molar refractivity (Wildman–Crippen MR) is 119 cm³/mol. The Morgan fingerprint density at radius 2 is 1.77 bits per heavy atom. The molecule has 9 heteroatoms. The highest BCUT2D eigenvalue weighted by atomic mass is 32.2. The lowest BCUT2D eigenvalue weighted by atomic mass is 10.0. The molecule has 1 aliphatic rings. The number of benzene rings is 2. The molecule has 0 atom stereocenters. The maximum absolute atomic E-state index is 12.6. The number of amides is 1. The smallest absolute Gasteiger partial charge is 0.307 e. The summed E-state index contributed by atoms with van der Waals surface area (Å²) in [6, 6.07) is 14.2. The van der Waals surface area contributed by atoms with E-state index in [1.807, 2.05) is 24.3 Å². The molecule has 0 bridgehead atoms. The molecule has 4 rings (SSSR count). The van der Waals surface area contributed by atoms with Gasteiger partial charge in [-0.2, -0.15) is 4.99 Å². The second-order valence-electron chi connectivity index (χ2n) is 6.84. The number of carboxylic acids is 2. The summed E-state index contributed by atoms with van der Waals surface area (Å²) < 4.78 is 0. The highest BCUT2D eigenvalue weighted by Gasteiger charge is 2.28. The monoisotopic (exact) mass is 435 g/mol. The van der Waals surface area contributed by atoms with Gasteiger partial charge in [0.25, 0.3) is 5.91 Å². The Hall–Kier alpha value is -3.85. The van der Waals surface area contributed by atoms with Crippen molar-refractivity contribution in [3.8, 4) is 0 Å². The Morgan fingerprint density at radius 1 is 1.03 bits per heavy atom. The van der Waals surface area contributed by atoms with Crippen LogP contribution >= 0.6 is 11.8 Å². The van der Waals surface area contributed by atoms with Crippen molar-refractivity contribution in [2.24, 2.45) is 4.99 Å². The molecule has 1 amide bonds. The minimum absolute atomic E-state index is 0.0789. The van der Waals surface area contributed by atoms with Crippen LogP contribution in [0.5, 0.6) is 0 Å². The molecule has 8 nitrogen and oxygen atoms in total. The van der Waals surface area contributed by atoms with Gasteiger partial charge in [0.2, 0.25) is 0 Å². The molecule has 0 saturated carbocycles. The molecule has 2 heterocycles. The molecule has 3 aromatic rings. The van der Waals surface area contributed by atoms with E-state index in [0.717, 1.165) is 22.7 Å². The number of aliphatic imine (C=N–C) groups is 1. The number of carboxylic acid groups (broad SMARTS) is 2. The number of aromatic amines is 1. The van der Waals surface area contributed by atoms with Crippen molar-refractivity contribution in [1.82, 2.24) is 4.98 Å². The van der Waals surface area contributed by atoms with Gasteiger partial charge in [-0.15, -0.1) is 0 Å². The number of nitrogens with one attached hydrogen (secondary N) is 2. The molecule has 0 spiro atoms. The van der Waals surface area contributed by atoms with E-state index in [-0.39, 0.29) is 17.7 Å². The van der Waals surface area contributed by atoms with Crippen LogP contribution in [0.3, 0.4) is 0 Å². The van der Waals surface area contributed by atoms with Gasteiger partial charge in [0.1, 0.15) is 0 Å². The van der Waals surface area contributed by atoms with Gasteiger partial charge < -0.3 is 20.5 Å². The standard InChI is InChI=1S/C22H17N3O5S/c26-18(27)9-12-5-7-13(8-6-12)24-22-25-21(30)20(31-22)15(10-19(28)29)16-11-23-17-4-2-1-3-14(16)17/h1-8,11,23H,9-10H2,(H,26,27)(H,28,29)(H,24,25,30). The third kappa shape index (κ3) is 4.51. The lowest BCUT2D eigenvalue weighted by Crippen LogP contribution is -2.05. The van der Waals surface area contributed by atoms with Gasteiger partial charge >= 0.3 is 11.9 Å². The van der Waals surface area contributed by atoms with Crippen molar-refractivity contribution in [3.05, 3.63) is 70.8 Å². The summed E-state index contributed by atoms with van der Waals surface area (Å²) in [7, 11) is 0. The fourth-order valence-electron chi connectivity index (χ4n) is 3.32. The predicted octanol–water partition coefficient (Wildman–Crippen LogP) is 3.72. The van der Waals surface area contributed by atoms with Crippen molar-refractivity contribution in [2.45, 2.75) is 12.8 Å². The Labute approximate surface area is 180 Å². The van der Waals surface area contributed by atoms with Crippen LogP contribution in [0.4, 0.5) is 5.69 Å². The topological polar surface area (TPSA) is 132 Å². The number of thioether (sulfide) groups is 1. The molecule has 0 unspecified atom stereocenters. The summed E-state index contributed by atoms with van der Waals surface area (Å²) in [4.78, 5) is 42.4. The second kappa shape index (κ2) is 8.49. The SMILES string of the molecule is O=C(O)CC(=C1SC(Nc2ccc(CC(=O)O)cc2)=NC1=O)c1c[nH]c2ccccc12. The van der Waals surface area contributed by atoms with E-state index < -0.39 is 17.8 Å². The summed E-state index contributed by atoms with van der Waals surface area (Å²) in [6.45, 7) is 0. The Morgan fingerprint density at radius 3 is 2.48 bits per heavy atom. The van der Waals surface area contributed by atoms with Gasteiger partial charge in [-0.25, -0.2) is 0 Å². The van der Waals surface area contributed by atoms with Crippen molar-refractivity contribution in [1.29, 1.82) is 0 Å². The van der Waals surface area contributed by atoms with Crippen molar-refractivity contribution in [2.75, 3.05) is 5.32 Å². The van der Waals surface area contributed by atoms with E-state index in [0.29, 0.717) is 27.6 Å². The number of para-hydroxylation sites is 1. The molecule has 1 aromatic heterocycles. The first-order valence-electron chi connectivity index (χ1n) is 9.31. The summed E-state index contributed by atoms with van der Waals surface area (Å²) in [5, 5.41) is 22.5. The van der Waals surface area contributed by atoms with E-state index in [9.17, 15) is 19.5 Å². The zero-order chi connectivity index (χ0) is 22.0. The number of rotatable bonds is 6. The Bertz CT molecular complexity index is 1260. The van der Waals surface area contributed by atoms with Crippen LogP contribution in [0.25, 0.3) is 16.5 Å². The average Bonchev–Trinajstić information content (AvgIpc) is 3.30. The first-order chi connectivity index (χ1) is 14.9. The second-order valence-corrected chi connectivity index (χ2v) is 7.84. The van der Waals surface area contributed by atoms with E-state index in [1.165, 1.54) is 0 Å². The average molecular weight is 435 g/mol. The molecule has 4 N–H and O–H groups in total. The van der Waals surface area contributed by atoms with Crippen LogP contribution in [-0.2, 0) is 20.8 Å². The number of carbonyl (C=O) groups excluding carboxylic acids is 1. The van der Waals surface area contributed by atoms with Crippen LogP contribution in [0.1, 0.15) is 17.5 Å². The van der Waals surface area contributed by atoms with Crippen LogP contribution in [0, 0.1) is 0 Å². The first-order valence-corrected chi connectivity index (χ1v) is 10.1. The number of anilines is 1. The highest BCUT2D eigenvalue weighted by molar-refractivity contribution is 8.18. The van der Waals surface area contributed by atoms with Crippen LogP contribution in [-0.4, -0.2) is 38.2 Å². The molecule has 31 heavy (non-hydrogen) atoms. The Balaban J connectivity index is 1.62. The van der Waals surface area contributed by atoms with Crippen LogP contribution in [0.2, 0.25) is 0 Å². The summed E-state index contributed by atoms with van der Waals surface area (Å²) in [6.07, 6.45) is 1.31. The van der Waals surface area contributed by atoms with Gasteiger partial charge in [0.05, 0.1) is 17.7 Å². The lowest BCUT2D eigenvalue weighted by Gasteiger charge is -2.08. The fraction of sp³-hybridized carbons (Fsp3) is 0.0909. The van der Waals surface area contributed by atoms with E-state index in [4.69, 9.17) is 5.11 Å². The van der Waals surface area contributed by atoms with Crippen LogP contribution in [0.15, 0.2) is 64.6 Å². The van der Waals surface area contributed by atoms with Gasteiger partial charge in [-0.05, 0) is 41.1 Å². The minimum Gasteiger partial charge on any atom is -0.481 e. The maximum atomic E-state index is 12.6. The van der Waals surface area contributed by atoms with Gasteiger partial charge in [0, 0.05) is 28.4 Å². The minimum atomic E-state index is -1.04. The molecule has 156 valence electrons. The maximum Gasteiger partial charge on any atom is 0.307 e. The molecular formula is C22H17N3O5S. The molecular weight excluding hydrogens is 418 g/mol.